The van der Waals surface area contributed by atoms with Crippen molar-refractivity contribution in [1.82, 2.24) is 15.2 Å². The summed E-state index contributed by atoms with van der Waals surface area (Å²) in [5, 5.41) is 12.5. The van der Waals surface area contributed by atoms with Crippen LogP contribution >= 0.6 is 0 Å². The third kappa shape index (κ3) is 8.53. The molecule has 32 heavy (non-hydrogen) atoms. The van der Waals surface area contributed by atoms with Gasteiger partial charge in [-0.25, -0.2) is 0 Å². The standard InChI is InChI=1S/C24H29N3O3.C2H6/c28-22-8-3-7-21(17-22)24(30)27-15-11-19(12-16-27)5-1-2-14-26-23(29)10-9-20-6-4-13-25-18-20;1-2/h3-4,6-10,13,17-19,28H,1-2,5,11-12,14-16H2,(H,26,29);1-2H3/b10-9+;. The Morgan fingerprint density at radius 3 is 2.62 bits per heavy atom. The van der Waals surface area contributed by atoms with Crippen molar-refractivity contribution in [2.75, 3.05) is 19.6 Å². The van der Waals surface area contributed by atoms with E-state index in [0.717, 1.165) is 50.8 Å². The molecule has 1 fully saturated rings. The predicted octanol–water partition coefficient (Wildman–Crippen LogP) is 4.67. The molecule has 0 saturated carbocycles. The zero-order chi connectivity index (χ0) is 23.2. The molecule has 2 amide bonds. The van der Waals surface area contributed by atoms with Crippen LogP contribution in [0.3, 0.4) is 0 Å². The highest BCUT2D eigenvalue weighted by atomic mass is 16.3. The number of rotatable bonds is 8. The Morgan fingerprint density at radius 1 is 1.16 bits per heavy atom. The number of benzene rings is 1. The molecule has 1 aliphatic heterocycles. The summed E-state index contributed by atoms with van der Waals surface area (Å²) in [4.78, 5) is 30.3. The van der Waals surface area contributed by atoms with E-state index in [0.29, 0.717) is 18.0 Å². The van der Waals surface area contributed by atoms with Crippen molar-refractivity contribution in [3.05, 3.63) is 66.0 Å². The van der Waals surface area contributed by atoms with Crippen LogP contribution in [0.5, 0.6) is 5.75 Å². The van der Waals surface area contributed by atoms with Crippen molar-refractivity contribution in [3.8, 4) is 5.75 Å². The molecule has 0 atom stereocenters. The molecule has 1 aromatic heterocycles. The molecular weight excluding hydrogens is 402 g/mol. The van der Waals surface area contributed by atoms with E-state index in [4.69, 9.17) is 0 Å². The highest BCUT2D eigenvalue weighted by molar-refractivity contribution is 5.94. The van der Waals surface area contributed by atoms with Crippen LogP contribution < -0.4 is 5.32 Å². The summed E-state index contributed by atoms with van der Waals surface area (Å²) >= 11 is 0. The van der Waals surface area contributed by atoms with Gasteiger partial charge in [0, 0.05) is 43.7 Å². The van der Waals surface area contributed by atoms with Crippen LogP contribution in [0.2, 0.25) is 0 Å². The zero-order valence-corrected chi connectivity index (χ0v) is 19.2. The van der Waals surface area contributed by atoms with Gasteiger partial charge in [-0.2, -0.15) is 0 Å². The number of phenolic OH excluding ortho intramolecular Hbond substituents is 1. The lowest BCUT2D eigenvalue weighted by Gasteiger charge is -2.32. The summed E-state index contributed by atoms with van der Waals surface area (Å²) in [6.07, 6.45) is 11.9. The number of nitrogens with one attached hydrogen (secondary N) is 1. The molecule has 172 valence electrons. The van der Waals surface area contributed by atoms with Crippen molar-refractivity contribution >= 4 is 17.9 Å². The van der Waals surface area contributed by atoms with E-state index in [1.807, 2.05) is 30.9 Å². The van der Waals surface area contributed by atoms with Crippen LogP contribution in [-0.2, 0) is 4.79 Å². The summed E-state index contributed by atoms with van der Waals surface area (Å²) < 4.78 is 0. The molecule has 0 spiro atoms. The molecule has 0 radical (unpaired) electrons. The fourth-order valence-electron chi connectivity index (χ4n) is 3.72. The topological polar surface area (TPSA) is 82.5 Å². The average molecular weight is 438 g/mol. The van der Waals surface area contributed by atoms with Gasteiger partial charge in [-0.15, -0.1) is 0 Å². The summed E-state index contributed by atoms with van der Waals surface area (Å²) in [5.74, 6) is 0.652. The maximum Gasteiger partial charge on any atom is 0.253 e. The van der Waals surface area contributed by atoms with Gasteiger partial charge in [0.05, 0.1) is 0 Å². The largest absolute Gasteiger partial charge is 0.508 e. The van der Waals surface area contributed by atoms with Crippen molar-refractivity contribution in [2.45, 2.75) is 46.0 Å². The third-order valence-electron chi connectivity index (χ3n) is 5.44. The van der Waals surface area contributed by atoms with Gasteiger partial charge in [0.2, 0.25) is 5.91 Å². The Kier molecular flexibility index (Phi) is 11.0. The Bertz CT molecular complexity index is 860. The second-order valence-electron chi connectivity index (χ2n) is 7.69. The smallest absolute Gasteiger partial charge is 0.253 e. The summed E-state index contributed by atoms with van der Waals surface area (Å²) in [5.41, 5.74) is 1.45. The summed E-state index contributed by atoms with van der Waals surface area (Å²) in [6.45, 7) is 6.19. The SMILES string of the molecule is CC.O=C(/C=C/c1cccnc1)NCCCCC1CCN(C(=O)c2cccc(O)c2)CC1. The second kappa shape index (κ2) is 14.0. The van der Waals surface area contributed by atoms with E-state index in [2.05, 4.69) is 10.3 Å². The number of carbonyl (C=O) groups excluding carboxylic acids is 2. The van der Waals surface area contributed by atoms with E-state index in [1.165, 1.54) is 12.1 Å². The molecule has 0 unspecified atom stereocenters. The first-order chi connectivity index (χ1) is 15.6. The van der Waals surface area contributed by atoms with E-state index in [-0.39, 0.29) is 17.6 Å². The van der Waals surface area contributed by atoms with E-state index < -0.39 is 0 Å². The molecule has 6 heteroatoms. The van der Waals surface area contributed by atoms with Gasteiger partial charge in [-0.05, 0) is 61.1 Å². The molecule has 2 N–H and O–H groups in total. The van der Waals surface area contributed by atoms with Crippen molar-refractivity contribution in [2.24, 2.45) is 5.92 Å². The molecule has 6 nitrogen and oxygen atoms in total. The van der Waals surface area contributed by atoms with Crippen LogP contribution in [0.15, 0.2) is 54.9 Å². The number of likely N-dealkylation sites (tertiary alicyclic amines) is 1. The number of aromatic nitrogens is 1. The number of pyridine rings is 1. The van der Waals surface area contributed by atoms with Crippen LogP contribution in [0.4, 0.5) is 0 Å². The molecule has 2 heterocycles. The minimum absolute atomic E-state index is 0.00796. The summed E-state index contributed by atoms with van der Waals surface area (Å²) in [7, 11) is 0. The maximum atomic E-state index is 12.5. The van der Waals surface area contributed by atoms with Crippen molar-refractivity contribution < 1.29 is 14.7 Å². The normalized spacial score (nSPS) is 14.0. The molecular formula is C26H35N3O3. The van der Waals surface area contributed by atoms with Crippen LogP contribution in [-0.4, -0.2) is 46.4 Å². The Balaban J connectivity index is 0.00000176. The zero-order valence-electron chi connectivity index (χ0n) is 19.2. The number of hydrogen-bond acceptors (Lipinski definition) is 4. The van der Waals surface area contributed by atoms with Crippen molar-refractivity contribution in [1.29, 1.82) is 0 Å². The highest BCUT2D eigenvalue weighted by Crippen LogP contribution is 2.24. The lowest BCUT2D eigenvalue weighted by atomic mass is 9.91. The Hall–Kier alpha value is -3.15. The second-order valence-corrected chi connectivity index (χ2v) is 7.69. The van der Waals surface area contributed by atoms with Gasteiger partial charge < -0.3 is 15.3 Å². The van der Waals surface area contributed by atoms with Crippen LogP contribution in [0.1, 0.15) is 61.9 Å². The number of carbonyl (C=O) groups is 2. The van der Waals surface area contributed by atoms with Gasteiger partial charge in [0.1, 0.15) is 5.75 Å². The molecule has 2 aromatic rings. The number of nitrogens with zero attached hydrogens (tertiary/aromatic N) is 2. The number of piperidine rings is 1. The van der Waals surface area contributed by atoms with E-state index in [9.17, 15) is 14.7 Å². The van der Waals surface area contributed by atoms with Gasteiger partial charge in [0.15, 0.2) is 0 Å². The minimum atomic E-state index is -0.0855. The van der Waals surface area contributed by atoms with E-state index >= 15 is 0 Å². The molecule has 0 bridgehead atoms. The first-order valence-corrected chi connectivity index (χ1v) is 11.6. The maximum absolute atomic E-state index is 12.5. The van der Waals surface area contributed by atoms with Gasteiger partial charge in [0.25, 0.3) is 5.91 Å². The van der Waals surface area contributed by atoms with Gasteiger partial charge in [-0.1, -0.05) is 38.8 Å². The fraction of sp³-hybridized carbons (Fsp3) is 0.423. The van der Waals surface area contributed by atoms with Crippen LogP contribution in [0.25, 0.3) is 6.08 Å². The molecule has 1 aliphatic rings. The predicted molar refractivity (Wildman–Crippen MR) is 128 cm³/mol. The number of hydrogen-bond donors (Lipinski definition) is 2. The quantitative estimate of drug-likeness (QED) is 0.465. The van der Waals surface area contributed by atoms with Gasteiger partial charge in [-0.3, -0.25) is 14.6 Å². The van der Waals surface area contributed by atoms with Crippen LogP contribution in [0, 0.1) is 5.92 Å². The minimum Gasteiger partial charge on any atom is -0.508 e. The molecule has 1 saturated heterocycles. The highest BCUT2D eigenvalue weighted by Gasteiger charge is 2.23. The monoisotopic (exact) mass is 437 g/mol. The fourth-order valence-corrected chi connectivity index (χ4v) is 3.72. The number of unbranched alkanes of at least 4 members (excludes halogenated alkanes) is 1. The number of amides is 2. The molecule has 0 aliphatic carbocycles. The Labute approximate surface area is 191 Å². The first-order valence-electron chi connectivity index (χ1n) is 11.6. The third-order valence-corrected chi connectivity index (χ3v) is 5.44. The average Bonchev–Trinajstić information content (AvgIpc) is 2.84. The van der Waals surface area contributed by atoms with Crippen molar-refractivity contribution in [3.63, 3.8) is 0 Å². The Morgan fingerprint density at radius 2 is 1.94 bits per heavy atom. The number of aromatic hydroxyl groups is 1. The first kappa shape index (κ1) is 25.1. The lowest BCUT2D eigenvalue weighted by molar-refractivity contribution is -0.116. The van der Waals surface area contributed by atoms with E-state index in [1.54, 1.807) is 36.7 Å². The summed E-state index contributed by atoms with van der Waals surface area (Å²) in [6, 6.07) is 10.3. The van der Waals surface area contributed by atoms with Gasteiger partial charge >= 0.3 is 0 Å². The lowest BCUT2D eigenvalue weighted by Crippen LogP contribution is -2.38. The molecule has 3 rings (SSSR count). The molecule has 1 aromatic carbocycles. The number of phenols is 1.